The van der Waals surface area contributed by atoms with Crippen LogP contribution in [0, 0.1) is 6.92 Å². The number of aromatic nitrogens is 6. The average Bonchev–Trinajstić information content (AvgIpc) is 2.95. The Hall–Kier alpha value is -2.44. The minimum atomic E-state index is 0.648. The van der Waals surface area contributed by atoms with E-state index < -0.39 is 0 Å². The second kappa shape index (κ2) is 4.10. The molecule has 0 aliphatic carbocycles. The van der Waals surface area contributed by atoms with Gasteiger partial charge in [-0.3, -0.25) is 9.08 Å². The molecule has 3 aromatic heterocycles. The molecule has 92 valence electrons. The monoisotopic (exact) mass is 243 g/mol. The van der Waals surface area contributed by atoms with Crippen molar-refractivity contribution in [2.45, 2.75) is 13.5 Å². The number of anilines is 1. The fraction of sp³-hybridized carbons (Fsp3) is 0.273. The Morgan fingerprint density at radius 3 is 2.94 bits per heavy atom. The van der Waals surface area contributed by atoms with Crippen molar-refractivity contribution in [3.63, 3.8) is 0 Å². The van der Waals surface area contributed by atoms with Crippen LogP contribution in [0.4, 0.5) is 5.82 Å². The fourth-order valence-corrected chi connectivity index (χ4v) is 1.82. The highest BCUT2D eigenvalue weighted by molar-refractivity contribution is 5.61. The van der Waals surface area contributed by atoms with Gasteiger partial charge in [0, 0.05) is 25.6 Å². The van der Waals surface area contributed by atoms with Gasteiger partial charge in [-0.2, -0.15) is 5.10 Å². The molecule has 0 amide bonds. The van der Waals surface area contributed by atoms with Gasteiger partial charge in [0.15, 0.2) is 5.82 Å². The average molecular weight is 243 g/mol. The van der Waals surface area contributed by atoms with E-state index in [1.165, 1.54) is 0 Å². The van der Waals surface area contributed by atoms with Crippen molar-refractivity contribution in [3.05, 3.63) is 36.2 Å². The Morgan fingerprint density at radius 1 is 1.28 bits per heavy atom. The molecule has 0 radical (unpaired) electrons. The molecule has 3 aromatic rings. The standard InChI is InChI=1S/C11H13N7/c1-8-15-16-11-10(12-5-6-18(8)11)13-7-9-3-4-14-17(9)2/h3-6H,7H2,1-2H3,(H,12,13). The summed E-state index contributed by atoms with van der Waals surface area (Å²) in [6.07, 6.45) is 5.35. The molecule has 18 heavy (non-hydrogen) atoms. The molecule has 0 spiro atoms. The molecule has 0 saturated carbocycles. The van der Waals surface area contributed by atoms with Crippen LogP contribution in [0.2, 0.25) is 0 Å². The third kappa shape index (κ3) is 1.69. The number of nitrogens with zero attached hydrogens (tertiary/aromatic N) is 6. The summed E-state index contributed by atoms with van der Waals surface area (Å²) in [5.74, 6) is 1.57. The Morgan fingerprint density at radius 2 is 2.17 bits per heavy atom. The maximum atomic E-state index is 4.29. The Bertz CT molecular complexity index is 682. The summed E-state index contributed by atoms with van der Waals surface area (Å²) in [5.41, 5.74) is 1.81. The third-order valence-corrected chi connectivity index (χ3v) is 2.86. The molecule has 7 heteroatoms. The molecule has 0 aliphatic heterocycles. The van der Waals surface area contributed by atoms with Crippen LogP contribution in [0.15, 0.2) is 24.7 Å². The summed E-state index contributed by atoms with van der Waals surface area (Å²) in [6, 6.07) is 1.96. The van der Waals surface area contributed by atoms with Gasteiger partial charge in [-0.25, -0.2) is 4.98 Å². The molecule has 7 nitrogen and oxygen atoms in total. The molecule has 3 heterocycles. The lowest BCUT2D eigenvalue weighted by Crippen LogP contribution is -2.07. The van der Waals surface area contributed by atoms with Crippen molar-refractivity contribution in [2.24, 2.45) is 7.05 Å². The topological polar surface area (TPSA) is 72.9 Å². The van der Waals surface area contributed by atoms with Crippen LogP contribution < -0.4 is 5.32 Å². The fourth-order valence-electron chi connectivity index (χ4n) is 1.82. The minimum absolute atomic E-state index is 0.648. The second-order valence-corrected chi connectivity index (χ2v) is 4.02. The van der Waals surface area contributed by atoms with E-state index in [1.807, 2.05) is 35.3 Å². The highest BCUT2D eigenvalue weighted by atomic mass is 15.3. The van der Waals surface area contributed by atoms with Gasteiger partial charge in [0.1, 0.15) is 5.82 Å². The smallest absolute Gasteiger partial charge is 0.203 e. The molecule has 0 atom stereocenters. The predicted octanol–water partition coefficient (Wildman–Crippen LogP) is 0.778. The summed E-state index contributed by atoms with van der Waals surface area (Å²) in [6.45, 7) is 2.56. The zero-order chi connectivity index (χ0) is 12.5. The predicted molar refractivity (Wildman–Crippen MR) is 66.1 cm³/mol. The number of hydrogen-bond donors (Lipinski definition) is 1. The van der Waals surface area contributed by atoms with Gasteiger partial charge in [-0.1, -0.05) is 0 Å². The van der Waals surface area contributed by atoms with Crippen LogP contribution in [-0.2, 0) is 13.6 Å². The van der Waals surface area contributed by atoms with E-state index in [4.69, 9.17) is 0 Å². The van der Waals surface area contributed by atoms with Gasteiger partial charge in [0.25, 0.3) is 0 Å². The molecule has 0 aromatic carbocycles. The molecule has 3 rings (SSSR count). The normalized spacial score (nSPS) is 11.0. The summed E-state index contributed by atoms with van der Waals surface area (Å²) >= 11 is 0. The van der Waals surface area contributed by atoms with Gasteiger partial charge < -0.3 is 5.32 Å². The lowest BCUT2D eigenvalue weighted by molar-refractivity contribution is 0.720. The Kier molecular flexibility index (Phi) is 2.44. The van der Waals surface area contributed by atoms with Crippen LogP contribution in [-0.4, -0.2) is 29.4 Å². The van der Waals surface area contributed by atoms with E-state index in [-0.39, 0.29) is 0 Å². The van der Waals surface area contributed by atoms with Crippen LogP contribution in [0.1, 0.15) is 11.5 Å². The lowest BCUT2D eigenvalue weighted by Gasteiger charge is -2.06. The van der Waals surface area contributed by atoms with E-state index in [2.05, 4.69) is 25.6 Å². The number of fused-ring (bicyclic) bond motifs is 1. The molecule has 0 unspecified atom stereocenters. The van der Waals surface area contributed by atoms with Gasteiger partial charge in [-0.15, -0.1) is 10.2 Å². The summed E-state index contributed by atoms with van der Waals surface area (Å²) in [5, 5.41) is 15.5. The summed E-state index contributed by atoms with van der Waals surface area (Å²) in [4.78, 5) is 4.29. The van der Waals surface area contributed by atoms with Crippen molar-refractivity contribution in [2.75, 3.05) is 5.32 Å². The SMILES string of the molecule is Cc1nnc2c(NCc3ccnn3C)nccn12. The largest absolute Gasteiger partial charge is 0.361 e. The lowest BCUT2D eigenvalue weighted by atomic mass is 10.4. The van der Waals surface area contributed by atoms with Crippen molar-refractivity contribution in [1.29, 1.82) is 0 Å². The number of aryl methyl sites for hydroxylation is 2. The van der Waals surface area contributed by atoms with E-state index in [9.17, 15) is 0 Å². The molecule has 0 aliphatic rings. The molecule has 0 saturated heterocycles. The van der Waals surface area contributed by atoms with E-state index in [1.54, 1.807) is 12.4 Å². The van der Waals surface area contributed by atoms with Crippen molar-refractivity contribution in [3.8, 4) is 0 Å². The quantitative estimate of drug-likeness (QED) is 0.736. The van der Waals surface area contributed by atoms with Crippen LogP contribution in [0.25, 0.3) is 5.65 Å². The van der Waals surface area contributed by atoms with Crippen molar-refractivity contribution in [1.82, 2.24) is 29.4 Å². The van der Waals surface area contributed by atoms with E-state index in [0.717, 1.165) is 23.0 Å². The Balaban J connectivity index is 1.89. The van der Waals surface area contributed by atoms with Gasteiger partial charge >= 0.3 is 0 Å². The van der Waals surface area contributed by atoms with E-state index >= 15 is 0 Å². The van der Waals surface area contributed by atoms with Crippen LogP contribution in [0.3, 0.4) is 0 Å². The van der Waals surface area contributed by atoms with Crippen LogP contribution >= 0.6 is 0 Å². The Labute approximate surface area is 103 Å². The zero-order valence-corrected chi connectivity index (χ0v) is 10.2. The first-order valence-electron chi connectivity index (χ1n) is 5.63. The highest BCUT2D eigenvalue weighted by Crippen LogP contribution is 2.12. The molecule has 1 N–H and O–H groups in total. The first kappa shape index (κ1) is 10.7. The number of rotatable bonds is 3. The summed E-state index contributed by atoms with van der Waals surface area (Å²) in [7, 11) is 1.91. The van der Waals surface area contributed by atoms with Crippen molar-refractivity contribution >= 4 is 11.5 Å². The first-order valence-corrected chi connectivity index (χ1v) is 5.63. The van der Waals surface area contributed by atoms with Gasteiger partial charge in [0.2, 0.25) is 5.65 Å². The summed E-state index contributed by atoms with van der Waals surface area (Å²) < 4.78 is 3.72. The third-order valence-electron chi connectivity index (χ3n) is 2.86. The maximum Gasteiger partial charge on any atom is 0.203 e. The zero-order valence-electron chi connectivity index (χ0n) is 10.2. The molecular weight excluding hydrogens is 230 g/mol. The first-order chi connectivity index (χ1) is 8.75. The molecule has 0 fully saturated rings. The van der Waals surface area contributed by atoms with E-state index in [0.29, 0.717) is 6.54 Å². The number of nitrogens with one attached hydrogen (secondary N) is 1. The highest BCUT2D eigenvalue weighted by Gasteiger charge is 2.07. The minimum Gasteiger partial charge on any atom is -0.361 e. The molecular formula is C11H13N7. The second-order valence-electron chi connectivity index (χ2n) is 4.02. The van der Waals surface area contributed by atoms with Gasteiger partial charge in [0.05, 0.1) is 12.2 Å². The maximum absolute atomic E-state index is 4.29. The number of hydrogen-bond acceptors (Lipinski definition) is 5. The van der Waals surface area contributed by atoms with Crippen LogP contribution in [0.5, 0.6) is 0 Å². The molecule has 0 bridgehead atoms. The van der Waals surface area contributed by atoms with Gasteiger partial charge in [-0.05, 0) is 13.0 Å². The van der Waals surface area contributed by atoms with Crippen molar-refractivity contribution < 1.29 is 0 Å².